The van der Waals surface area contributed by atoms with Gasteiger partial charge in [0.2, 0.25) is 5.82 Å². The van der Waals surface area contributed by atoms with E-state index in [2.05, 4.69) is 20.5 Å². The Balaban J connectivity index is 1.79. The van der Waals surface area contributed by atoms with E-state index >= 15 is 0 Å². The zero-order chi connectivity index (χ0) is 14.2. The summed E-state index contributed by atoms with van der Waals surface area (Å²) >= 11 is 0. The largest absolute Gasteiger partial charge is 0.334 e. The molecule has 21 heavy (non-hydrogen) atoms. The second-order valence-corrected chi connectivity index (χ2v) is 4.71. The van der Waals surface area contributed by atoms with Gasteiger partial charge in [-0.05, 0) is 30.3 Å². The number of aromatic nitrogens is 5. The monoisotopic (exact) mass is 277 g/mol. The summed E-state index contributed by atoms with van der Waals surface area (Å²) < 4.78 is 7.05. The van der Waals surface area contributed by atoms with Crippen molar-refractivity contribution in [2.75, 3.05) is 0 Å². The van der Waals surface area contributed by atoms with E-state index in [1.165, 1.54) is 0 Å². The Labute approximate surface area is 120 Å². The number of hydrogen-bond donors (Lipinski definition) is 0. The first-order chi connectivity index (χ1) is 10.3. The molecule has 0 unspecified atom stereocenters. The quantitative estimate of drug-likeness (QED) is 0.563. The number of nitrogens with zero attached hydrogens (tertiary/aromatic N) is 5. The number of benzene rings is 2. The number of rotatable bonds is 2. The van der Waals surface area contributed by atoms with E-state index in [9.17, 15) is 0 Å². The van der Waals surface area contributed by atoms with Crippen molar-refractivity contribution in [3.8, 4) is 22.8 Å². The smallest absolute Gasteiger partial charge is 0.258 e. The number of hydrogen-bond acceptors (Lipinski definition) is 5. The van der Waals surface area contributed by atoms with Crippen LogP contribution in [0.25, 0.3) is 33.9 Å². The molecule has 0 atom stereocenters. The predicted molar refractivity (Wildman–Crippen MR) is 77.2 cm³/mol. The van der Waals surface area contributed by atoms with Crippen LogP contribution in [0, 0.1) is 0 Å². The van der Waals surface area contributed by atoms with Gasteiger partial charge in [-0.2, -0.15) is 4.98 Å². The summed E-state index contributed by atoms with van der Waals surface area (Å²) in [4.78, 5) is 4.44. The van der Waals surface area contributed by atoms with E-state index in [1.54, 1.807) is 4.68 Å². The summed E-state index contributed by atoms with van der Waals surface area (Å²) in [5.41, 5.74) is 3.55. The third-order valence-electron chi connectivity index (χ3n) is 3.32. The van der Waals surface area contributed by atoms with Crippen LogP contribution in [0.4, 0.5) is 0 Å². The third-order valence-corrected chi connectivity index (χ3v) is 3.32. The maximum Gasteiger partial charge on any atom is 0.258 e. The molecule has 0 saturated carbocycles. The molecule has 6 heteroatoms. The molecule has 102 valence electrons. The highest BCUT2D eigenvalue weighted by Gasteiger charge is 2.12. The van der Waals surface area contributed by atoms with Crippen LogP contribution in [0.2, 0.25) is 0 Å². The molecular weight excluding hydrogens is 266 g/mol. The van der Waals surface area contributed by atoms with Gasteiger partial charge in [0.1, 0.15) is 5.52 Å². The van der Waals surface area contributed by atoms with Gasteiger partial charge < -0.3 is 4.52 Å². The first kappa shape index (κ1) is 11.8. The standard InChI is InChI=1S/C15H11N5O/c1-20-13-9-11(7-8-12(13)17-19-20)14-16-15(21-18-14)10-5-3-2-4-6-10/h2-9H,1H3. The lowest BCUT2D eigenvalue weighted by atomic mass is 10.2. The van der Waals surface area contributed by atoms with Crippen molar-refractivity contribution >= 4 is 11.0 Å². The molecule has 0 amide bonds. The Kier molecular flexibility index (Phi) is 2.53. The normalized spacial score (nSPS) is 11.1. The van der Waals surface area contributed by atoms with Gasteiger partial charge in [0.05, 0.1) is 5.52 Å². The lowest BCUT2D eigenvalue weighted by Gasteiger charge is -1.95. The van der Waals surface area contributed by atoms with Crippen molar-refractivity contribution < 1.29 is 4.52 Å². The fraction of sp³-hybridized carbons (Fsp3) is 0.0667. The molecule has 0 radical (unpaired) electrons. The van der Waals surface area contributed by atoms with Crippen LogP contribution in [0.1, 0.15) is 0 Å². The molecule has 0 N–H and O–H groups in total. The van der Waals surface area contributed by atoms with Gasteiger partial charge in [0.15, 0.2) is 0 Å². The van der Waals surface area contributed by atoms with Crippen molar-refractivity contribution in [1.29, 1.82) is 0 Å². The Morgan fingerprint density at radius 2 is 1.86 bits per heavy atom. The minimum absolute atomic E-state index is 0.508. The van der Waals surface area contributed by atoms with Gasteiger partial charge in [-0.3, -0.25) is 0 Å². The molecule has 0 aliphatic carbocycles. The van der Waals surface area contributed by atoms with E-state index in [0.717, 1.165) is 22.2 Å². The zero-order valence-electron chi connectivity index (χ0n) is 11.3. The summed E-state index contributed by atoms with van der Waals surface area (Å²) in [7, 11) is 1.85. The van der Waals surface area contributed by atoms with Gasteiger partial charge in [-0.1, -0.05) is 28.6 Å². The zero-order valence-corrected chi connectivity index (χ0v) is 11.3. The molecule has 2 aromatic carbocycles. The van der Waals surface area contributed by atoms with Crippen molar-refractivity contribution in [2.24, 2.45) is 7.05 Å². The number of aryl methyl sites for hydroxylation is 1. The van der Waals surface area contributed by atoms with Crippen LogP contribution in [0.5, 0.6) is 0 Å². The van der Waals surface area contributed by atoms with Crippen LogP contribution >= 0.6 is 0 Å². The maximum atomic E-state index is 5.33. The van der Waals surface area contributed by atoms with Crippen LogP contribution < -0.4 is 0 Å². The van der Waals surface area contributed by atoms with Crippen LogP contribution in [0.3, 0.4) is 0 Å². The maximum absolute atomic E-state index is 5.33. The number of fused-ring (bicyclic) bond motifs is 1. The van der Waals surface area contributed by atoms with Gasteiger partial charge in [0, 0.05) is 18.2 Å². The topological polar surface area (TPSA) is 69.6 Å². The first-order valence-electron chi connectivity index (χ1n) is 6.50. The van der Waals surface area contributed by atoms with Crippen molar-refractivity contribution in [2.45, 2.75) is 0 Å². The third kappa shape index (κ3) is 1.97. The highest BCUT2D eigenvalue weighted by Crippen LogP contribution is 2.24. The van der Waals surface area contributed by atoms with Crippen molar-refractivity contribution in [1.82, 2.24) is 25.1 Å². The molecule has 4 aromatic rings. The SMILES string of the molecule is Cn1nnc2ccc(-c3noc(-c4ccccc4)n3)cc21. The van der Waals surface area contributed by atoms with Crippen LogP contribution in [-0.2, 0) is 7.05 Å². The van der Waals surface area contributed by atoms with Crippen LogP contribution in [-0.4, -0.2) is 25.1 Å². The second kappa shape index (κ2) is 4.52. The Bertz CT molecular complexity index is 910. The minimum atomic E-state index is 0.508. The minimum Gasteiger partial charge on any atom is -0.334 e. The molecule has 0 saturated heterocycles. The Morgan fingerprint density at radius 1 is 1.00 bits per heavy atom. The van der Waals surface area contributed by atoms with E-state index in [0.29, 0.717) is 11.7 Å². The summed E-state index contributed by atoms with van der Waals surface area (Å²) in [5.74, 6) is 1.06. The van der Waals surface area contributed by atoms with Gasteiger partial charge in [-0.25, -0.2) is 4.68 Å². The molecular formula is C15H11N5O. The van der Waals surface area contributed by atoms with Crippen molar-refractivity contribution in [3.63, 3.8) is 0 Å². The average Bonchev–Trinajstić information content (AvgIpc) is 3.16. The van der Waals surface area contributed by atoms with E-state index in [-0.39, 0.29) is 0 Å². The van der Waals surface area contributed by atoms with Gasteiger partial charge in [0.25, 0.3) is 5.89 Å². The molecule has 0 aliphatic rings. The average molecular weight is 277 g/mol. The summed E-state index contributed by atoms with van der Waals surface area (Å²) in [6.07, 6.45) is 0. The van der Waals surface area contributed by atoms with Gasteiger partial charge in [-0.15, -0.1) is 5.10 Å². The van der Waals surface area contributed by atoms with E-state index in [1.807, 2.05) is 55.6 Å². The molecule has 0 spiro atoms. The summed E-state index contributed by atoms with van der Waals surface area (Å²) in [6.45, 7) is 0. The van der Waals surface area contributed by atoms with E-state index in [4.69, 9.17) is 4.52 Å². The lowest BCUT2D eigenvalue weighted by molar-refractivity contribution is 0.432. The van der Waals surface area contributed by atoms with Gasteiger partial charge >= 0.3 is 0 Å². The molecule has 6 nitrogen and oxygen atoms in total. The molecule has 4 rings (SSSR count). The Hall–Kier alpha value is -3.02. The van der Waals surface area contributed by atoms with Crippen LogP contribution in [0.15, 0.2) is 53.1 Å². The fourth-order valence-corrected chi connectivity index (χ4v) is 2.21. The van der Waals surface area contributed by atoms with Crippen molar-refractivity contribution in [3.05, 3.63) is 48.5 Å². The summed E-state index contributed by atoms with van der Waals surface area (Å²) in [6, 6.07) is 15.5. The molecule has 0 aliphatic heterocycles. The molecule has 2 heterocycles. The highest BCUT2D eigenvalue weighted by molar-refractivity contribution is 5.80. The lowest BCUT2D eigenvalue weighted by Crippen LogP contribution is -1.90. The Morgan fingerprint density at radius 3 is 2.71 bits per heavy atom. The molecule has 0 fully saturated rings. The predicted octanol–water partition coefficient (Wildman–Crippen LogP) is 2.69. The first-order valence-corrected chi connectivity index (χ1v) is 6.50. The summed E-state index contributed by atoms with van der Waals surface area (Å²) in [5, 5.41) is 12.1. The van der Waals surface area contributed by atoms with E-state index < -0.39 is 0 Å². The molecule has 2 aromatic heterocycles. The second-order valence-electron chi connectivity index (χ2n) is 4.71. The highest BCUT2D eigenvalue weighted by atomic mass is 16.5. The molecule has 0 bridgehead atoms. The fourth-order valence-electron chi connectivity index (χ4n) is 2.21.